The van der Waals surface area contributed by atoms with E-state index in [1.807, 2.05) is 60.7 Å². The van der Waals surface area contributed by atoms with E-state index >= 15 is 0 Å². The number of amides is 1. The van der Waals surface area contributed by atoms with E-state index in [1.54, 1.807) is 24.3 Å². The van der Waals surface area contributed by atoms with Crippen LogP contribution in [0.25, 0.3) is 16.9 Å². The molecule has 0 saturated carbocycles. The fourth-order valence-electron chi connectivity index (χ4n) is 2.89. The third-order valence-corrected chi connectivity index (χ3v) is 4.36. The number of carbonyl (C=O) groups excluding carboxylic acids is 1. The molecule has 0 fully saturated rings. The van der Waals surface area contributed by atoms with Crippen molar-refractivity contribution < 1.29 is 4.79 Å². The van der Waals surface area contributed by atoms with Crippen molar-refractivity contribution in [1.82, 2.24) is 9.78 Å². The van der Waals surface area contributed by atoms with Crippen LogP contribution in [0.2, 0.25) is 0 Å². The maximum absolute atomic E-state index is 13.0. The Kier molecular flexibility index (Phi) is 4.86. The number of benzene rings is 3. The van der Waals surface area contributed by atoms with Crippen molar-refractivity contribution in [3.05, 3.63) is 101 Å². The van der Waals surface area contributed by atoms with E-state index in [4.69, 9.17) is 5.73 Å². The van der Waals surface area contributed by atoms with Crippen LogP contribution in [0, 0.1) is 0 Å². The van der Waals surface area contributed by atoms with E-state index in [-0.39, 0.29) is 11.2 Å². The number of carbonyl (C=O) groups is 1. The van der Waals surface area contributed by atoms with E-state index < -0.39 is 5.91 Å². The zero-order valence-corrected chi connectivity index (χ0v) is 15.3. The van der Waals surface area contributed by atoms with Gasteiger partial charge in [-0.05, 0) is 36.4 Å². The monoisotopic (exact) mass is 383 g/mol. The molecule has 1 heterocycles. The zero-order valence-electron chi connectivity index (χ0n) is 15.3. The molecule has 142 valence electrons. The van der Waals surface area contributed by atoms with Gasteiger partial charge in [0, 0.05) is 11.1 Å². The van der Waals surface area contributed by atoms with Crippen molar-refractivity contribution in [2.75, 3.05) is 0 Å². The molecular weight excluding hydrogens is 366 g/mol. The highest BCUT2D eigenvalue weighted by atomic mass is 16.1. The summed E-state index contributed by atoms with van der Waals surface area (Å²) in [5, 5.41) is 11.5. The van der Waals surface area contributed by atoms with E-state index in [9.17, 15) is 9.59 Å². The van der Waals surface area contributed by atoms with Crippen molar-refractivity contribution in [2.24, 2.45) is 16.0 Å². The lowest BCUT2D eigenvalue weighted by Gasteiger charge is -2.01. The van der Waals surface area contributed by atoms with Crippen molar-refractivity contribution in [1.29, 1.82) is 0 Å². The second-order valence-electron chi connectivity index (χ2n) is 6.29. The van der Waals surface area contributed by atoms with Gasteiger partial charge in [-0.15, -0.1) is 5.11 Å². The Hall–Kier alpha value is -4.26. The fraction of sp³-hybridized carbons (Fsp3) is 0. The molecule has 3 N–H and O–H groups in total. The number of rotatable bonds is 5. The molecule has 7 nitrogen and oxygen atoms in total. The molecule has 0 aliphatic carbocycles. The van der Waals surface area contributed by atoms with Crippen molar-refractivity contribution in [3.8, 4) is 16.9 Å². The molecule has 7 heteroatoms. The number of para-hydroxylation sites is 1. The topological polar surface area (TPSA) is 106 Å². The SMILES string of the molecule is NC(=O)c1ccc(N=Nc2c(-c3ccccc3)[nH]n(-c3ccccc3)c2=O)cc1. The van der Waals surface area contributed by atoms with Crippen LogP contribution in [-0.4, -0.2) is 15.7 Å². The highest BCUT2D eigenvalue weighted by molar-refractivity contribution is 5.93. The van der Waals surface area contributed by atoms with E-state index in [0.717, 1.165) is 5.56 Å². The lowest BCUT2D eigenvalue weighted by atomic mass is 10.1. The largest absolute Gasteiger partial charge is 0.366 e. The van der Waals surface area contributed by atoms with Crippen molar-refractivity contribution in [2.45, 2.75) is 0 Å². The van der Waals surface area contributed by atoms with Crippen LogP contribution < -0.4 is 11.3 Å². The number of hydrogen-bond donors (Lipinski definition) is 2. The first-order chi connectivity index (χ1) is 14.1. The van der Waals surface area contributed by atoms with Crippen molar-refractivity contribution in [3.63, 3.8) is 0 Å². The Balaban J connectivity index is 1.80. The van der Waals surface area contributed by atoms with Gasteiger partial charge in [0.25, 0.3) is 5.56 Å². The van der Waals surface area contributed by atoms with Gasteiger partial charge in [-0.1, -0.05) is 48.5 Å². The predicted octanol–water partition coefficient (Wildman–Crippen LogP) is 4.35. The van der Waals surface area contributed by atoms with Gasteiger partial charge in [-0.25, -0.2) is 4.68 Å². The van der Waals surface area contributed by atoms with E-state index in [1.165, 1.54) is 4.68 Å². The van der Waals surface area contributed by atoms with Crippen LogP contribution in [-0.2, 0) is 0 Å². The van der Waals surface area contributed by atoms with Gasteiger partial charge in [0.15, 0.2) is 5.69 Å². The molecule has 29 heavy (non-hydrogen) atoms. The maximum Gasteiger partial charge on any atom is 0.299 e. The highest BCUT2D eigenvalue weighted by Crippen LogP contribution is 2.28. The number of primary amides is 1. The van der Waals surface area contributed by atoms with Gasteiger partial charge in [-0.3, -0.25) is 14.7 Å². The van der Waals surface area contributed by atoms with Crippen LogP contribution in [0.1, 0.15) is 10.4 Å². The van der Waals surface area contributed by atoms with Gasteiger partial charge in [0.05, 0.1) is 17.1 Å². The summed E-state index contributed by atoms with van der Waals surface area (Å²) in [5.74, 6) is -0.517. The fourth-order valence-corrected chi connectivity index (χ4v) is 2.89. The van der Waals surface area contributed by atoms with Crippen molar-refractivity contribution >= 4 is 17.3 Å². The number of nitrogens with one attached hydrogen (secondary N) is 1. The number of aromatic amines is 1. The zero-order chi connectivity index (χ0) is 20.2. The Morgan fingerprint density at radius 3 is 2.07 bits per heavy atom. The molecule has 0 atom stereocenters. The minimum Gasteiger partial charge on any atom is -0.366 e. The summed E-state index contributed by atoms with van der Waals surface area (Å²) in [4.78, 5) is 24.2. The summed E-state index contributed by atoms with van der Waals surface area (Å²) in [6.07, 6.45) is 0. The summed E-state index contributed by atoms with van der Waals surface area (Å²) in [7, 11) is 0. The van der Waals surface area contributed by atoms with Gasteiger partial charge in [0.1, 0.15) is 0 Å². The standard InChI is InChI=1S/C22H17N5O2/c23-21(28)16-11-13-17(14-12-16)24-25-20-19(15-7-3-1-4-8-15)26-27(22(20)29)18-9-5-2-6-10-18/h1-14,26H,(H2,23,28). The molecule has 0 radical (unpaired) electrons. The minimum absolute atomic E-state index is 0.194. The third-order valence-electron chi connectivity index (χ3n) is 4.36. The molecule has 0 aliphatic rings. The van der Waals surface area contributed by atoms with Gasteiger partial charge in [0.2, 0.25) is 5.91 Å². The van der Waals surface area contributed by atoms with Crippen LogP contribution in [0.4, 0.5) is 11.4 Å². The first-order valence-electron chi connectivity index (χ1n) is 8.91. The molecule has 0 aliphatic heterocycles. The van der Waals surface area contributed by atoms with Gasteiger partial charge < -0.3 is 5.73 Å². The molecule has 3 aromatic carbocycles. The molecule has 1 amide bonds. The molecule has 0 unspecified atom stereocenters. The Labute approximate surface area is 166 Å². The number of hydrogen-bond acceptors (Lipinski definition) is 4. The second kappa shape index (κ2) is 7.77. The summed E-state index contributed by atoms with van der Waals surface area (Å²) in [6, 6.07) is 25.1. The predicted molar refractivity (Wildman–Crippen MR) is 111 cm³/mol. The maximum atomic E-state index is 13.0. The lowest BCUT2D eigenvalue weighted by molar-refractivity contribution is 0.100. The van der Waals surface area contributed by atoms with Crippen LogP contribution in [0.5, 0.6) is 0 Å². The highest BCUT2D eigenvalue weighted by Gasteiger charge is 2.16. The first kappa shape index (κ1) is 18.1. The normalized spacial score (nSPS) is 11.0. The van der Waals surface area contributed by atoms with Gasteiger partial charge >= 0.3 is 0 Å². The summed E-state index contributed by atoms with van der Waals surface area (Å²) in [6.45, 7) is 0. The van der Waals surface area contributed by atoms with E-state index in [0.29, 0.717) is 22.6 Å². The second-order valence-corrected chi connectivity index (χ2v) is 6.29. The summed E-state index contributed by atoms with van der Waals surface area (Å²) >= 11 is 0. The Morgan fingerprint density at radius 2 is 1.45 bits per heavy atom. The molecular formula is C22H17N5O2. The lowest BCUT2D eigenvalue weighted by Crippen LogP contribution is -2.13. The van der Waals surface area contributed by atoms with E-state index in [2.05, 4.69) is 15.3 Å². The molecule has 0 saturated heterocycles. The average molecular weight is 383 g/mol. The Morgan fingerprint density at radius 1 is 0.828 bits per heavy atom. The molecule has 0 spiro atoms. The minimum atomic E-state index is -0.517. The quantitative estimate of drug-likeness (QED) is 0.500. The summed E-state index contributed by atoms with van der Waals surface area (Å²) in [5.41, 5.74) is 8.09. The van der Waals surface area contributed by atoms with Crippen LogP contribution in [0.15, 0.2) is 100.0 Å². The molecule has 1 aromatic heterocycles. The first-order valence-corrected chi connectivity index (χ1v) is 8.91. The van der Waals surface area contributed by atoms with Crippen LogP contribution >= 0.6 is 0 Å². The molecule has 0 bridgehead atoms. The number of nitrogens with two attached hydrogens (primary N) is 1. The number of azo groups is 1. The molecule has 4 aromatic rings. The number of aromatic nitrogens is 2. The average Bonchev–Trinajstić information content (AvgIpc) is 3.10. The van der Waals surface area contributed by atoms with Gasteiger partial charge in [-0.2, -0.15) is 5.11 Å². The molecule has 4 rings (SSSR count). The Bertz CT molecular complexity index is 1220. The smallest absolute Gasteiger partial charge is 0.299 e. The van der Waals surface area contributed by atoms with Crippen LogP contribution in [0.3, 0.4) is 0 Å². The number of nitrogens with zero attached hydrogens (tertiary/aromatic N) is 3. The summed E-state index contributed by atoms with van der Waals surface area (Å²) < 4.78 is 1.44. The third kappa shape index (κ3) is 3.74. The number of H-pyrrole nitrogens is 1.